The first-order valence-electron chi connectivity index (χ1n) is 6.47. The van der Waals surface area contributed by atoms with Gasteiger partial charge in [-0.3, -0.25) is 4.90 Å². The number of carbonyl (C=O) groups excluding carboxylic acids is 1. The first kappa shape index (κ1) is 15.2. The third kappa shape index (κ3) is 3.85. The lowest BCUT2D eigenvalue weighted by atomic mass is 10.0. The molecule has 0 aromatic heterocycles. The zero-order valence-electron chi connectivity index (χ0n) is 12.2. The summed E-state index contributed by atoms with van der Waals surface area (Å²) in [4.78, 5) is 14.1. The van der Waals surface area contributed by atoms with Crippen LogP contribution in [0.5, 0.6) is 0 Å². The summed E-state index contributed by atoms with van der Waals surface area (Å²) in [7, 11) is 0. The molecule has 1 aliphatic heterocycles. The summed E-state index contributed by atoms with van der Waals surface area (Å²) >= 11 is 0. The molecule has 1 unspecified atom stereocenters. The summed E-state index contributed by atoms with van der Waals surface area (Å²) in [5.41, 5.74) is 4.86. The minimum Gasteiger partial charge on any atom is -0.444 e. The molecule has 0 saturated carbocycles. The van der Waals surface area contributed by atoms with Gasteiger partial charge in [-0.05, 0) is 41.0 Å². The monoisotopic (exact) mass is 258 g/mol. The molecule has 1 amide bonds. The van der Waals surface area contributed by atoms with Crippen molar-refractivity contribution in [3.63, 3.8) is 0 Å². The van der Waals surface area contributed by atoms with Gasteiger partial charge in [0.1, 0.15) is 5.60 Å². The summed E-state index contributed by atoms with van der Waals surface area (Å²) in [5, 5.41) is 0. The van der Waals surface area contributed by atoms with Crippen molar-refractivity contribution in [2.24, 2.45) is 5.73 Å². The van der Waals surface area contributed by atoms with Crippen LogP contribution in [0.25, 0.3) is 0 Å². The Labute approximate surface area is 110 Å². The molecule has 0 spiro atoms. The third-order valence-electron chi connectivity index (χ3n) is 3.01. The highest BCUT2D eigenvalue weighted by molar-refractivity contribution is 5.69. The summed E-state index contributed by atoms with van der Waals surface area (Å²) in [6.45, 7) is 11.1. The van der Waals surface area contributed by atoms with Crippen molar-refractivity contribution in [2.45, 2.75) is 58.2 Å². The number of amides is 1. The average molecular weight is 258 g/mol. The standard InChI is InChI=1S/C13H26N2O3/c1-12(2,3)18-11(16)15(13(4,5)9-14)10-6-7-17-8-10/h10H,6-9,14H2,1-5H3. The fraction of sp³-hybridized carbons (Fsp3) is 0.923. The molecular weight excluding hydrogens is 232 g/mol. The Morgan fingerprint density at radius 1 is 1.39 bits per heavy atom. The van der Waals surface area contributed by atoms with Crippen molar-refractivity contribution >= 4 is 6.09 Å². The van der Waals surface area contributed by atoms with E-state index in [4.69, 9.17) is 15.2 Å². The highest BCUT2D eigenvalue weighted by Gasteiger charge is 2.39. The Morgan fingerprint density at radius 3 is 2.39 bits per heavy atom. The lowest BCUT2D eigenvalue weighted by molar-refractivity contribution is -0.0108. The molecule has 0 aliphatic carbocycles. The largest absolute Gasteiger partial charge is 0.444 e. The number of carbonyl (C=O) groups is 1. The summed E-state index contributed by atoms with van der Waals surface area (Å²) in [6, 6.07) is 0.0541. The summed E-state index contributed by atoms with van der Waals surface area (Å²) in [6.07, 6.45) is 0.524. The fourth-order valence-corrected chi connectivity index (χ4v) is 2.03. The maximum Gasteiger partial charge on any atom is 0.411 e. The lowest BCUT2D eigenvalue weighted by Gasteiger charge is -2.41. The van der Waals surface area contributed by atoms with Crippen molar-refractivity contribution in [3.8, 4) is 0 Å². The van der Waals surface area contributed by atoms with E-state index in [1.165, 1.54) is 0 Å². The smallest absolute Gasteiger partial charge is 0.411 e. The third-order valence-corrected chi connectivity index (χ3v) is 3.01. The van der Waals surface area contributed by atoms with Crippen LogP contribution in [-0.4, -0.2) is 47.9 Å². The molecule has 106 valence electrons. The van der Waals surface area contributed by atoms with Crippen LogP contribution in [0, 0.1) is 0 Å². The van der Waals surface area contributed by atoms with Crippen LogP contribution in [0.1, 0.15) is 41.0 Å². The van der Waals surface area contributed by atoms with Crippen molar-refractivity contribution in [1.29, 1.82) is 0 Å². The van der Waals surface area contributed by atoms with Gasteiger partial charge in [0.2, 0.25) is 0 Å². The predicted molar refractivity (Wildman–Crippen MR) is 70.4 cm³/mol. The quantitative estimate of drug-likeness (QED) is 0.837. The second-order valence-corrected chi connectivity index (χ2v) is 6.38. The molecule has 5 nitrogen and oxygen atoms in total. The van der Waals surface area contributed by atoms with E-state index in [2.05, 4.69) is 0 Å². The molecule has 1 heterocycles. The maximum atomic E-state index is 12.3. The van der Waals surface area contributed by atoms with Crippen LogP contribution >= 0.6 is 0 Å². The van der Waals surface area contributed by atoms with E-state index >= 15 is 0 Å². The Kier molecular flexibility index (Phi) is 4.61. The minimum atomic E-state index is -0.501. The molecule has 5 heteroatoms. The van der Waals surface area contributed by atoms with Gasteiger partial charge in [0.25, 0.3) is 0 Å². The molecule has 18 heavy (non-hydrogen) atoms. The van der Waals surface area contributed by atoms with Crippen LogP contribution in [0.4, 0.5) is 4.79 Å². The van der Waals surface area contributed by atoms with Crippen molar-refractivity contribution in [2.75, 3.05) is 19.8 Å². The zero-order chi connectivity index (χ0) is 14.0. The van der Waals surface area contributed by atoms with Gasteiger partial charge in [-0.2, -0.15) is 0 Å². The number of ether oxygens (including phenoxy) is 2. The van der Waals surface area contributed by atoms with Gasteiger partial charge in [-0.1, -0.05) is 0 Å². The van der Waals surface area contributed by atoms with Gasteiger partial charge in [-0.25, -0.2) is 4.79 Å². The van der Waals surface area contributed by atoms with E-state index in [9.17, 15) is 4.79 Å². The molecule has 1 rings (SSSR count). The predicted octanol–water partition coefficient (Wildman–Crippen LogP) is 1.75. The molecule has 0 bridgehead atoms. The number of hydrogen-bond acceptors (Lipinski definition) is 4. The second kappa shape index (κ2) is 5.45. The molecule has 1 fully saturated rings. The second-order valence-electron chi connectivity index (χ2n) is 6.38. The highest BCUT2D eigenvalue weighted by Crippen LogP contribution is 2.25. The molecule has 1 saturated heterocycles. The molecule has 2 N–H and O–H groups in total. The van der Waals surface area contributed by atoms with Gasteiger partial charge >= 0.3 is 6.09 Å². The maximum absolute atomic E-state index is 12.3. The van der Waals surface area contributed by atoms with Crippen molar-refractivity contribution in [1.82, 2.24) is 4.90 Å². The van der Waals surface area contributed by atoms with E-state index in [-0.39, 0.29) is 12.1 Å². The minimum absolute atomic E-state index is 0.0541. The van der Waals surface area contributed by atoms with E-state index in [1.54, 1.807) is 4.90 Å². The highest BCUT2D eigenvalue weighted by atomic mass is 16.6. The van der Waals surface area contributed by atoms with E-state index in [1.807, 2.05) is 34.6 Å². The Hall–Kier alpha value is -0.810. The van der Waals surface area contributed by atoms with Crippen LogP contribution in [-0.2, 0) is 9.47 Å². The molecule has 0 aromatic carbocycles. The van der Waals surface area contributed by atoms with E-state index < -0.39 is 11.1 Å². The van der Waals surface area contributed by atoms with Gasteiger partial charge in [-0.15, -0.1) is 0 Å². The van der Waals surface area contributed by atoms with Crippen LogP contribution in [0.15, 0.2) is 0 Å². The number of hydrogen-bond donors (Lipinski definition) is 1. The normalized spacial score (nSPS) is 20.9. The number of nitrogens with zero attached hydrogens (tertiary/aromatic N) is 1. The van der Waals surface area contributed by atoms with Gasteiger partial charge in [0.15, 0.2) is 0 Å². The van der Waals surface area contributed by atoms with Crippen LogP contribution in [0.2, 0.25) is 0 Å². The first-order chi connectivity index (χ1) is 8.17. The Morgan fingerprint density at radius 2 is 2.00 bits per heavy atom. The van der Waals surface area contributed by atoms with Crippen molar-refractivity contribution in [3.05, 3.63) is 0 Å². The molecular formula is C13H26N2O3. The van der Waals surface area contributed by atoms with Gasteiger partial charge < -0.3 is 15.2 Å². The molecule has 0 radical (unpaired) electrons. The zero-order valence-corrected chi connectivity index (χ0v) is 12.2. The number of nitrogens with two attached hydrogens (primary N) is 1. The Bertz CT molecular complexity index is 291. The Balaban J connectivity index is 2.86. The van der Waals surface area contributed by atoms with E-state index in [0.717, 1.165) is 6.42 Å². The van der Waals surface area contributed by atoms with E-state index in [0.29, 0.717) is 19.8 Å². The lowest BCUT2D eigenvalue weighted by Crippen LogP contribution is -2.58. The fourth-order valence-electron chi connectivity index (χ4n) is 2.03. The average Bonchev–Trinajstić information content (AvgIpc) is 2.67. The van der Waals surface area contributed by atoms with Crippen LogP contribution < -0.4 is 5.73 Å². The molecule has 0 aromatic rings. The summed E-state index contributed by atoms with van der Waals surface area (Å²) in [5.74, 6) is 0. The summed E-state index contributed by atoms with van der Waals surface area (Å²) < 4.78 is 10.8. The van der Waals surface area contributed by atoms with Crippen LogP contribution in [0.3, 0.4) is 0 Å². The van der Waals surface area contributed by atoms with Gasteiger partial charge in [0, 0.05) is 13.2 Å². The van der Waals surface area contributed by atoms with Crippen molar-refractivity contribution < 1.29 is 14.3 Å². The SMILES string of the molecule is CC(C)(C)OC(=O)N(C1CCOC1)C(C)(C)CN. The first-order valence-corrected chi connectivity index (χ1v) is 6.47. The number of rotatable bonds is 3. The van der Waals surface area contributed by atoms with Gasteiger partial charge in [0.05, 0.1) is 18.2 Å². The molecule has 1 aliphatic rings. The molecule has 1 atom stereocenters. The topological polar surface area (TPSA) is 64.8 Å².